The molecule has 0 saturated heterocycles. The maximum atomic E-state index is 12.1. The van der Waals surface area contributed by atoms with Gasteiger partial charge in [-0.15, -0.1) is 0 Å². The lowest BCUT2D eigenvalue weighted by Gasteiger charge is -2.29. The molecule has 0 unspecified atom stereocenters. The lowest BCUT2D eigenvalue weighted by Crippen LogP contribution is -2.28. The summed E-state index contributed by atoms with van der Waals surface area (Å²) in [4.78, 5) is 12.1. The van der Waals surface area contributed by atoms with E-state index in [0.29, 0.717) is 11.3 Å². The number of benzene rings is 3. The van der Waals surface area contributed by atoms with Gasteiger partial charge in [-0.25, -0.2) is 0 Å². The molecule has 0 aliphatic carbocycles. The predicted molar refractivity (Wildman–Crippen MR) is 138 cm³/mol. The Morgan fingerprint density at radius 3 is 2.52 bits per heavy atom. The van der Waals surface area contributed by atoms with E-state index in [1.165, 1.54) is 27.6 Å². The normalized spacial score (nSPS) is 15.0. The first-order valence-corrected chi connectivity index (χ1v) is 11.6. The molecule has 0 atom stereocenters. The van der Waals surface area contributed by atoms with Crippen molar-refractivity contribution < 1.29 is 9.53 Å². The molecule has 1 aliphatic heterocycles. The zero-order chi connectivity index (χ0) is 23.5. The van der Waals surface area contributed by atoms with Crippen LogP contribution in [0.5, 0.6) is 5.75 Å². The van der Waals surface area contributed by atoms with Gasteiger partial charge in [0.05, 0.1) is 11.1 Å². The van der Waals surface area contributed by atoms with Crippen molar-refractivity contribution in [3.05, 3.63) is 82.4 Å². The summed E-state index contributed by atoms with van der Waals surface area (Å²) in [6.45, 7) is 13.6. The number of hydrogen-bond donors (Lipinski definition) is 0. The van der Waals surface area contributed by atoms with Gasteiger partial charge in [-0.3, -0.25) is 4.79 Å². The highest BCUT2D eigenvalue weighted by Crippen LogP contribution is 2.43. The number of hydrogen-bond acceptors (Lipinski definition) is 2. The molecule has 0 spiro atoms. The lowest BCUT2D eigenvalue weighted by molar-refractivity contribution is 0.110. The topological polar surface area (TPSA) is 31.2 Å². The molecule has 0 radical (unpaired) electrons. The maximum absolute atomic E-state index is 12.1. The molecule has 3 heteroatoms. The molecule has 33 heavy (non-hydrogen) atoms. The standard InChI is InChI=1S/C30H31NO2/c1-19-8-7-9-20(14-19)17-31-26-11-10-22(29(2,3)4)16-24(26)25-15-21(18-32)28-23(27(25)31)12-13-30(5,6)33-28/h7-16,18H,17H2,1-6H3. The molecule has 0 saturated carbocycles. The highest BCUT2D eigenvalue weighted by molar-refractivity contribution is 6.13. The van der Waals surface area contributed by atoms with E-state index in [9.17, 15) is 4.79 Å². The minimum Gasteiger partial charge on any atom is -0.482 e. The van der Waals surface area contributed by atoms with Gasteiger partial charge >= 0.3 is 0 Å². The fourth-order valence-electron chi connectivity index (χ4n) is 4.86. The summed E-state index contributed by atoms with van der Waals surface area (Å²) >= 11 is 0. The van der Waals surface area contributed by atoms with Crippen LogP contribution >= 0.6 is 0 Å². The van der Waals surface area contributed by atoms with Gasteiger partial charge in [0.2, 0.25) is 0 Å². The number of fused-ring (bicyclic) bond motifs is 5. The van der Waals surface area contributed by atoms with Gasteiger partial charge < -0.3 is 9.30 Å². The van der Waals surface area contributed by atoms with Crippen LogP contribution in [0.1, 0.15) is 67.2 Å². The van der Waals surface area contributed by atoms with Crippen LogP contribution in [0.15, 0.2) is 54.6 Å². The van der Waals surface area contributed by atoms with Crippen LogP contribution in [-0.2, 0) is 12.0 Å². The van der Waals surface area contributed by atoms with Gasteiger partial charge in [0, 0.05) is 28.4 Å². The largest absolute Gasteiger partial charge is 0.482 e. The monoisotopic (exact) mass is 437 g/mol. The van der Waals surface area contributed by atoms with Gasteiger partial charge in [-0.2, -0.15) is 0 Å². The van der Waals surface area contributed by atoms with Crippen molar-refractivity contribution in [2.45, 2.75) is 59.1 Å². The number of aryl methyl sites for hydroxylation is 1. The fraction of sp³-hybridized carbons (Fsp3) is 0.300. The van der Waals surface area contributed by atoms with E-state index in [-0.39, 0.29) is 5.41 Å². The van der Waals surface area contributed by atoms with E-state index in [0.717, 1.165) is 29.3 Å². The van der Waals surface area contributed by atoms with Gasteiger partial charge in [0.25, 0.3) is 0 Å². The Kier molecular flexibility index (Phi) is 4.79. The number of ether oxygens (including phenoxy) is 1. The van der Waals surface area contributed by atoms with Crippen LogP contribution in [0.4, 0.5) is 0 Å². The van der Waals surface area contributed by atoms with Crippen LogP contribution in [0.2, 0.25) is 0 Å². The Morgan fingerprint density at radius 1 is 1.03 bits per heavy atom. The number of aromatic nitrogens is 1. The van der Waals surface area contributed by atoms with E-state index < -0.39 is 5.60 Å². The van der Waals surface area contributed by atoms with Crippen molar-refractivity contribution in [2.75, 3.05) is 0 Å². The Labute approximate surface area is 195 Å². The predicted octanol–water partition coefficient (Wildman–Crippen LogP) is 7.45. The summed E-state index contributed by atoms with van der Waals surface area (Å²) in [5.74, 6) is 0.675. The van der Waals surface area contributed by atoms with Crippen LogP contribution < -0.4 is 4.74 Å². The Morgan fingerprint density at radius 2 is 1.82 bits per heavy atom. The third-order valence-electron chi connectivity index (χ3n) is 6.60. The van der Waals surface area contributed by atoms with Crippen LogP contribution in [0, 0.1) is 6.92 Å². The average Bonchev–Trinajstić information content (AvgIpc) is 3.04. The molecular formula is C30H31NO2. The molecule has 1 aromatic heterocycles. The first kappa shape index (κ1) is 21.5. The van der Waals surface area contributed by atoms with E-state index in [2.05, 4.69) is 86.9 Å². The fourth-order valence-corrected chi connectivity index (χ4v) is 4.86. The molecule has 3 aromatic carbocycles. The average molecular weight is 438 g/mol. The molecule has 1 aliphatic rings. The number of carbonyl (C=O) groups is 1. The smallest absolute Gasteiger partial charge is 0.153 e. The molecule has 0 bridgehead atoms. The molecule has 2 heterocycles. The summed E-state index contributed by atoms with van der Waals surface area (Å²) in [6.07, 6.45) is 5.13. The van der Waals surface area contributed by atoms with Crippen molar-refractivity contribution in [1.82, 2.24) is 4.57 Å². The van der Waals surface area contributed by atoms with Gasteiger partial charge in [-0.05, 0) is 67.7 Å². The quantitative estimate of drug-likeness (QED) is 0.312. The van der Waals surface area contributed by atoms with E-state index in [4.69, 9.17) is 4.74 Å². The molecule has 0 amide bonds. The summed E-state index contributed by atoms with van der Waals surface area (Å²) in [5.41, 5.74) is 7.23. The maximum Gasteiger partial charge on any atom is 0.153 e. The molecule has 0 fully saturated rings. The minimum atomic E-state index is -0.453. The number of carbonyl (C=O) groups excluding carboxylic acids is 1. The van der Waals surface area contributed by atoms with Gasteiger partial charge in [0.1, 0.15) is 11.4 Å². The Balaban J connectivity index is 1.89. The zero-order valence-electron chi connectivity index (χ0n) is 20.3. The van der Waals surface area contributed by atoms with Crippen molar-refractivity contribution in [1.29, 1.82) is 0 Å². The molecule has 3 nitrogen and oxygen atoms in total. The third kappa shape index (κ3) is 3.66. The number of aldehydes is 1. The van der Waals surface area contributed by atoms with Crippen molar-refractivity contribution >= 4 is 34.2 Å². The number of rotatable bonds is 3. The highest BCUT2D eigenvalue weighted by Gasteiger charge is 2.28. The summed E-state index contributed by atoms with van der Waals surface area (Å²) in [5, 5.41) is 2.27. The minimum absolute atomic E-state index is 0.0356. The molecule has 4 aromatic rings. The molecule has 168 valence electrons. The van der Waals surface area contributed by atoms with Gasteiger partial charge in [0.15, 0.2) is 6.29 Å². The second-order valence-electron chi connectivity index (χ2n) is 10.8. The Hall–Kier alpha value is -3.33. The van der Waals surface area contributed by atoms with E-state index in [1.807, 2.05) is 19.9 Å². The van der Waals surface area contributed by atoms with Crippen LogP contribution in [-0.4, -0.2) is 16.5 Å². The second kappa shape index (κ2) is 7.34. The summed E-state index contributed by atoms with van der Waals surface area (Å²) in [6, 6.07) is 17.4. The second-order valence-corrected chi connectivity index (χ2v) is 10.8. The van der Waals surface area contributed by atoms with E-state index >= 15 is 0 Å². The number of nitrogens with zero attached hydrogens (tertiary/aromatic N) is 1. The highest BCUT2D eigenvalue weighted by atomic mass is 16.5. The lowest BCUT2D eigenvalue weighted by atomic mass is 9.86. The summed E-state index contributed by atoms with van der Waals surface area (Å²) < 4.78 is 8.70. The van der Waals surface area contributed by atoms with Crippen LogP contribution in [0.25, 0.3) is 27.9 Å². The Bertz CT molecular complexity index is 1440. The zero-order valence-corrected chi connectivity index (χ0v) is 20.3. The SMILES string of the molecule is Cc1cccc(Cn2c3ccc(C(C)(C)C)cc3c3cc(C=O)c4c(c32)C=CC(C)(C)O4)c1. The molecule has 0 N–H and O–H groups in total. The molecule has 5 rings (SSSR count). The van der Waals surface area contributed by atoms with Gasteiger partial charge in [-0.1, -0.05) is 56.7 Å². The van der Waals surface area contributed by atoms with Crippen molar-refractivity contribution in [3.63, 3.8) is 0 Å². The van der Waals surface area contributed by atoms with E-state index in [1.54, 1.807) is 0 Å². The molecular weight excluding hydrogens is 406 g/mol. The van der Waals surface area contributed by atoms with Crippen LogP contribution in [0.3, 0.4) is 0 Å². The first-order chi connectivity index (χ1) is 15.6. The van der Waals surface area contributed by atoms with Crippen molar-refractivity contribution in [3.8, 4) is 5.75 Å². The first-order valence-electron chi connectivity index (χ1n) is 11.6. The third-order valence-corrected chi connectivity index (χ3v) is 6.60. The van der Waals surface area contributed by atoms with Crippen molar-refractivity contribution in [2.24, 2.45) is 0 Å². The summed E-state index contributed by atoms with van der Waals surface area (Å²) in [7, 11) is 0.